The minimum atomic E-state index is -0.393. The van der Waals surface area contributed by atoms with Crippen LogP contribution in [0.15, 0.2) is 30.5 Å². The van der Waals surface area contributed by atoms with Gasteiger partial charge in [-0.25, -0.2) is 9.18 Å². The molecular weight excluding hydrogens is 221 g/mol. The van der Waals surface area contributed by atoms with Crippen molar-refractivity contribution in [3.8, 4) is 0 Å². The summed E-state index contributed by atoms with van der Waals surface area (Å²) in [5, 5.41) is 2.97. The predicted molar refractivity (Wildman–Crippen MR) is 64.0 cm³/mol. The summed E-state index contributed by atoms with van der Waals surface area (Å²) in [6, 6.07) is 4.74. The van der Waals surface area contributed by atoms with Crippen molar-refractivity contribution in [2.75, 3.05) is 13.7 Å². The third-order valence-electron chi connectivity index (χ3n) is 2.38. The number of carbonyl (C=O) groups is 1. The summed E-state index contributed by atoms with van der Waals surface area (Å²) in [5.41, 5.74) is 2.02. The number of hydrogen-bond donors (Lipinski definition) is 1. The Morgan fingerprint density at radius 2 is 2.29 bits per heavy atom. The molecule has 0 aliphatic rings. The Morgan fingerprint density at radius 3 is 2.94 bits per heavy atom. The first kappa shape index (κ1) is 13.2. The average Bonchev–Trinajstić information content (AvgIpc) is 2.30. The van der Waals surface area contributed by atoms with Gasteiger partial charge in [0.25, 0.3) is 0 Å². The first-order chi connectivity index (χ1) is 8.13. The van der Waals surface area contributed by atoms with Crippen LogP contribution in [0.2, 0.25) is 0 Å². The highest BCUT2D eigenvalue weighted by Gasteiger charge is 1.99. The molecule has 0 aliphatic carbocycles. The van der Waals surface area contributed by atoms with Crippen molar-refractivity contribution >= 4 is 5.97 Å². The number of halogens is 1. The Hall–Kier alpha value is -1.84. The van der Waals surface area contributed by atoms with Gasteiger partial charge < -0.3 is 10.1 Å². The normalized spacial score (nSPS) is 10.5. The molecule has 0 saturated carbocycles. The van der Waals surface area contributed by atoms with Crippen molar-refractivity contribution in [1.82, 2.24) is 5.32 Å². The number of carbonyl (C=O) groups excluding carboxylic acids is 1. The Morgan fingerprint density at radius 1 is 1.53 bits per heavy atom. The predicted octanol–water partition coefficient (Wildman–Crippen LogP) is 1.95. The third-order valence-corrected chi connectivity index (χ3v) is 2.38. The third kappa shape index (κ3) is 4.68. The van der Waals surface area contributed by atoms with Crippen LogP contribution in [0.5, 0.6) is 0 Å². The minimum Gasteiger partial charge on any atom is -0.466 e. The molecule has 0 bridgehead atoms. The first-order valence-electron chi connectivity index (χ1n) is 5.36. The van der Waals surface area contributed by atoms with Gasteiger partial charge >= 0.3 is 5.97 Å². The van der Waals surface area contributed by atoms with Crippen LogP contribution in [0.4, 0.5) is 4.39 Å². The first-order valence-corrected chi connectivity index (χ1v) is 5.36. The number of methoxy groups -OCH3 is 1. The molecule has 4 heteroatoms. The van der Waals surface area contributed by atoms with Crippen molar-refractivity contribution in [2.45, 2.75) is 13.3 Å². The molecule has 0 amide bonds. The largest absolute Gasteiger partial charge is 0.466 e. The van der Waals surface area contributed by atoms with Gasteiger partial charge in [0.05, 0.1) is 7.11 Å². The van der Waals surface area contributed by atoms with Gasteiger partial charge in [0, 0.05) is 18.8 Å². The summed E-state index contributed by atoms with van der Waals surface area (Å²) in [7, 11) is 1.33. The number of rotatable bonds is 5. The Kier molecular flexibility index (Phi) is 5.20. The van der Waals surface area contributed by atoms with Crippen LogP contribution < -0.4 is 5.32 Å². The van der Waals surface area contributed by atoms with E-state index in [1.807, 2.05) is 6.92 Å². The fourth-order valence-electron chi connectivity index (χ4n) is 1.42. The molecule has 1 aromatic carbocycles. The van der Waals surface area contributed by atoms with Crippen molar-refractivity contribution in [3.05, 3.63) is 47.4 Å². The Balaban J connectivity index is 2.36. The van der Waals surface area contributed by atoms with E-state index in [1.165, 1.54) is 25.3 Å². The number of nitrogens with one attached hydrogen (secondary N) is 1. The molecule has 3 nitrogen and oxygen atoms in total. The summed E-state index contributed by atoms with van der Waals surface area (Å²) in [6.45, 7) is 2.56. The van der Waals surface area contributed by atoms with Crippen molar-refractivity contribution < 1.29 is 13.9 Å². The molecule has 17 heavy (non-hydrogen) atoms. The zero-order chi connectivity index (χ0) is 12.7. The van der Waals surface area contributed by atoms with Gasteiger partial charge in [-0.3, -0.25) is 0 Å². The molecule has 92 valence electrons. The fourth-order valence-corrected chi connectivity index (χ4v) is 1.42. The van der Waals surface area contributed by atoms with Gasteiger partial charge in [0.2, 0.25) is 0 Å². The summed E-state index contributed by atoms with van der Waals surface area (Å²) in [4.78, 5) is 10.7. The topological polar surface area (TPSA) is 38.3 Å². The number of ether oxygens (including phenoxy) is 1. The lowest BCUT2D eigenvalue weighted by Gasteiger charge is -2.05. The monoisotopic (exact) mass is 237 g/mol. The SMILES string of the molecule is COC(=O)/C=C/NCCc1ccc(F)cc1C. The van der Waals surface area contributed by atoms with E-state index in [9.17, 15) is 9.18 Å². The van der Waals surface area contributed by atoms with Gasteiger partial charge in [-0.15, -0.1) is 0 Å². The molecule has 0 atom stereocenters. The van der Waals surface area contributed by atoms with Crippen LogP contribution in [-0.2, 0) is 16.0 Å². The molecule has 1 rings (SSSR count). The maximum absolute atomic E-state index is 12.8. The van der Waals surface area contributed by atoms with Crippen molar-refractivity contribution in [2.24, 2.45) is 0 Å². The van der Waals surface area contributed by atoms with E-state index < -0.39 is 5.97 Å². The smallest absolute Gasteiger partial charge is 0.331 e. The Bertz CT molecular complexity index is 416. The molecule has 0 saturated heterocycles. The Labute approximate surface area is 100 Å². The maximum Gasteiger partial charge on any atom is 0.331 e. The summed E-state index contributed by atoms with van der Waals surface area (Å²) in [6.07, 6.45) is 3.64. The van der Waals surface area contributed by atoms with Crippen LogP contribution >= 0.6 is 0 Å². The lowest BCUT2D eigenvalue weighted by molar-refractivity contribution is -0.134. The molecule has 0 heterocycles. The van der Waals surface area contributed by atoms with Gasteiger partial charge in [-0.1, -0.05) is 6.07 Å². The standard InChI is InChI=1S/C13H16FNO2/c1-10-9-12(14)4-3-11(10)5-7-15-8-6-13(16)17-2/h3-4,6,8-9,15H,5,7H2,1-2H3/b8-6+. The number of benzene rings is 1. The highest BCUT2D eigenvalue weighted by Crippen LogP contribution is 2.10. The molecule has 0 aromatic heterocycles. The van der Waals surface area contributed by atoms with E-state index >= 15 is 0 Å². The highest BCUT2D eigenvalue weighted by atomic mass is 19.1. The summed E-state index contributed by atoms with van der Waals surface area (Å²) >= 11 is 0. The molecule has 0 aliphatic heterocycles. The van der Waals surface area contributed by atoms with Crippen molar-refractivity contribution in [3.63, 3.8) is 0 Å². The zero-order valence-corrected chi connectivity index (χ0v) is 10.00. The summed E-state index contributed by atoms with van der Waals surface area (Å²) in [5.74, 6) is -0.611. The zero-order valence-electron chi connectivity index (χ0n) is 10.00. The maximum atomic E-state index is 12.8. The molecule has 0 spiro atoms. The second-order valence-electron chi connectivity index (χ2n) is 3.63. The van der Waals surface area contributed by atoms with Crippen LogP contribution in [0.3, 0.4) is 0 Å². The van der Waals surface area contributed by atoms with E-state index in [0.717, 1.165) is 17.5 Å². The lowest BCUT2D eigenvalue weighted by atomic mass is 10.1. The van der Waals surface area contributed by atoms with Crippen LogP contribution in [0.1, 0.15) is 11.1 Å². The molecule has 1 aromatic rings. The van der Waals surface area contributed by atoms with E-state index in [2.05, 4.69) is 10.1 Å². The van der Waals surface area contributed by atoms with Gasteiger partial charge in [-0.05, 0) is 36.6 Å². The van der Waals surface area contributed by atoms with Gasteiger partial charge in [0.1, 0.15) is 5.82 Å². The van der Waals surface area contributed by atoms with Gasteiger partial charge in [0.15, 0.2) is 0 Å². The second-order valence-corrected chi connectivity index (χ2v) is 3.63. The highest BCUT2D eigenvalue weighted by molar-refractivity contribution is 5.81. The van der Waals surface area contributed by atoms with Crippen LogP contribution in [0, 0.1) is 12.7 Å². The minimum absolute atomic E-state index is 0.218. The van der Waals surface area contributed by atoms with E-state index in [-0.39, 0.29) is 5.82 Å². The number of esters is 1. The molecule has 0 unspecified atom stereocenters. The van der Waals surface area contributed by atoms with Crippen molar-refractivity contribution in [1.29, 1.82) is 0 Å². The van der Waals surface area contributed by atoms with E-state index in [0.29, 0.717) is 6.54 Å². The number of hydrogen-bond acceptors (Lipinski definition) is 3. The lowest BCUT2D eigenvalue weighted by Crippen LogP contribution is -2.11. The fraction of sp³-hybridized carbons (Fsp3) is 0.308. The second kappa shape index (κ2) is 6.68. The quantitative estimate of drug-likeness (QED) is 0.483. The molecular formula is C13H16FNO2. The van der Waals surface area contributed by atoms with Crippen LogP contribution in [-0.4, -0.2) is 19.6 Å². The van der Waals surface area contributed by atoms with Crippen LogP contribution in [0.25, 0.3) is 0 Å². The van der Waals surface area contributed by atoms with Gasteiger partial charge in [-0.2, -0.15) is 0 Å². The van der Waals surface area contributed by atoms with E-state index in [1.54, 1.807) is 12.3 Å². The molecule has 1 N–H and O–H groups in total. The average molecular weight is 237 g/mol. The summed E-state index contributed by atoms with van der Waals surface area (Å²) < 4.78 is 17.3. The van der Waals surface area contributed by atoms with E-state index in [4.69, 9.17) is 0 Å². The molecule has 0 radical (unpaired) electrons. The number of aryl methyl sites for hydroxylation is 1. The molecule has 0 fully saturated rings.